The number of aryl methyl sites for hydroxylation is 1. The molecule has 0 atom stereocenters. The molecule has 0 spiro atoms. The third-order valence-electron chi connectivity index (χ3n) is 6.88. The molecule has 36 heavy (non-hydrogen) atoms. The van der Waals surface area contributed by atoms with Gasteiger partial charge in [0.1, 0.15) is 9.28 Å². The Labute approximate surface area is 223 Å². The van der Waals surface area contributed by atoms with Gasteiger partial charge in [-0.05, 0) is 71.8 Å². The van der Waals surface area contributed by atoms with Crippen molar-refractivity contribution in [3.63, 3.8) is 0 Å². The summed E-state index contributed by atoms with van der Waals surface area (Å²) in [7, 11) is 0. The maximum Gasteiger partial charge on any atom is 0.197 e. The number of rotatable bonds is 0. The van der Waals surface area contributed by atoms with Gasteiger partial charge in [0.15, 0.2) is 5.43 Å². The number of H-pyrrole nitrogens is 4. The number of nitrogens with one attached hydrogen (secondary N) is 4. The molecule has 7 aromatic rings. The van der Waals surface area contributed by atoms with Gasteiger partial charge >= 0.3 is 0 Å². The molecule has 0 aliphatic rings. The topological polar surface area (TPSA) is 80.2 Å². The van der Waals surface area contributed by atoms with E-state index in [1.165, 1.54) is 0 Å². The summed E-state index contributed by atoms with van der Waals surface area (Å²) in [4.78, 5) is 27.6. The molecule has 0 aliphatic carbocycles. The maximum atomic E-state index is 12.7. The lowest BCUT2D eigenvalue weighted by Gasteiger charge is -2.16. The molecular formula is C27H16N4OS4. The Balaban J connectivity index is 1.86. The average Bonchev–Trinajstić information content (AvgIpc) is 2.85. The van der Waals surface area contributed by atoms with Gasteiger partial charge in [0, 0.05) is 26.4 Å². The van der Waals surface area contributed by atoms with Crippen LogP contribution in [0.1, 0.15) is 5.56 Å². The summed E-state index contributed by atoms with van der Waals surface area (Å²) in [5.74, 6) is 0. The van der Waals surface area contributed by atoms with Crippen LogP contribution in [0.25, 0.3) is 65.4 Å². The first kappa shape index (κ1) is 21.9. The van der Waals surface area contributed by atoms with Crippen LogP contribution in [-0.4, -0.2) is 19.9 Å². The first-order valence-corrected chi connectivity index (χ1v) is 12.8. The van der Waals surface area contributed by atoms with Crippen LogP contribution in [0.15, 0.2) is 58.2 Å². The Morgan fingerprint density at radius 3 is 1.64 bits per heavy atom. The van der Waals surface area contributed by atoms with Crippen LogP contribution in [0.5, 0.6) is 0 Å². The van der Waals surface area contributed by atoms with E-state index in [-0.39, 0.29) is 5.43 Å². The van der Waals surface area contributed by atoms with Crippen LogP contribution in [0, 0.1) is 20.7 Å². The Bertz CT molecular complexity index is 2380. The Morgan fingerprint density at radius 1 is 0.583 bits per heavy atom. The van der Waals surface area contributed by atoms with Crippen molar-refractivity contribution in [2.24, 2.45) is 0 Å². The van der Waals surface area contributed by atoms with Crippen molar-refractivity contribution in [2.75, 3.05) is 0 Å². The molecule has 174 valence electrons. The number of aromatic nitrogens is 4. The molecule has 3 heterocycles. The third kappa shape index (κ3) is 3.00. The number of hydrogen-bond acceptors (Lipinski definition) is 5. The summed E-state index contributed by atoms with van der Waals surface area (Å²) in [5.41, 5.74) is 6.14. The molecule has 0 fully saturated rings. The lowest BCUT2D eigenvalue weighted by molar-refractivity contribution is 1.33. The highest BCUT2D eigenvalue weighted by Crippen LogP contribution is 2.38. The quantitative estimate of drug-likeness (QED) is 0.0583. The molecule has 4 N–H and O–H groups in total. The van der Waals surface area contributed by atoms with Crippen LogP contribution in [0.2, 0.25) is 0 Å². The zero-order valence-electron chi connectivity index (χ0n) is 18.7. The normalized spacial score (nSPS) is 12.1. The van der Waals surface area contributed by atoms with Crippen molar-refractivity contribution in [1.29, 1.82) is 0 Å². The lowest BCUT2D eigenvalue weighted by atomic mass is 9.97. The number of pyridine rings is 2. The van der Waals surface area contributed by atoms with Crippen molar-refractivity contribution in [1.82, 2.24) is 19.9 Å². The molecule has 0 aliphatic heterocycles. The van der Waals surface area contributed by atoms with Gasteiger partial charge in [0.25, 0.3) is 0 Å². The highest BCUT2D eigenvalue weighted by molar-refractivity contribution is 7.80. The van der Waals surface area contributed by atoms with E-state index in [1.54, 1.807) is 12.1 Å². The second-order valence-corrected chi connectivity index (χ2v) is 10.8. The van der Waals surface area contributed by atoms with Crippen molar-refractivity contribution in [2.45, 2.75) is 11.8 Å². The molecule has 7 rings (SSSR count). The molecule has 4 aromatic carbocycles. The molecule has 0 saturated carbocycles. The predicted molar refractivity (Wildman–Crippen MR) is 160 cm³/mol. The smallest absolute Gasteiger partial charge is 0.197 e. The molecule has 0 saturated heterocycles. The lowest BCUT2D eigenvalue weighted by Crippen LogP contribution is -2.01. The molecule has 3 aromatic heterocycles. The fourth-order valence-corrected chi connectivity index (χ4v) is 5.89. The largest absolute Gasteiger partial charge is 0.351 e. The number of thiol groups is 1. The van der Waals surface area contributed by atoms with E-state index in [0.717, 1.165) is 75.9 Å². The minimum absolute atomic E-state index is 0.176. The van der Waals surface area contributed by atoms with Crippen molar-refractivity contribution in [3.8, 4) is 0 Å². The maximum absolute atomic E-state index is 12.7. The Kier molecular flexibility index (Phi) is 4.60. The molecule has 0 bridgehead atoms. The van der Waals surface area contributed by atoms with E-state index in [0.29, 0.717) is 13.8 Å². The van der Waals surface area contributed by atoms with Gasteiger partial charge in [-0.2, -0.15) is 0 Å². The van der Waals surface area contributed by atoms with Crippen LogP contribution < -0.4 is 5.43 Å². The second-order valence-electron chi connectivity index (χ2n) is 9.00. The molecule has 0 unspecified atom stereocenters. The van der Waals surface area contributed by atoms with E-state index >= 15 is 0 Å². The summed E-state index contributed by atoms with van der Waals surface area (Å²) < 4.78 is 1.56. The van der Waals surface area contributed by atoms with E-state index in [4.69, 9.17) is 36.7 Å². The summed E-state index contributed by atoms with van der Waals surface area (Å²) in [6.07, 6.45) is 0. The van der Waals surface area contributed by atoms with Gasteiger partial charge in [-0.3, -0.25) is 4.79 Å². The molecule has 9 heteroatoms. The predicted octanol–water partition coefficient (Wildman–Crippen LogP) is 8.06. The van der Waals surface area contributed by atoms with Crippen LogP contribution in [0.3, 0.4) is 0 Å². The molecular weight excluding hydrogens is 525 g/mol. The zero-order chi connectivity index (χ0) is 24.9. The standard InChI is InChI=1S/C27H16N4OS4/c1-10-6-15-13(8-18(10)33)14-9-19(34)17(32)7-16(14)27-26(15)30-24-11-2-4-20(35)28-22(11)23-12(25(24)31-27)3-5-21(36)29-23/h2-9,30-31,33H,1H3,(H,28,35)(H,29,36). The number of benzene rings is 4. The summed E-state index contributed by atoms with van der Waals surface area (Å²) in [6, 6.07) is 15.3. The van der Waals surface area contributed by atoms with Crippen molar-refractivity contribution in [3.05, 3.63) is 78.1 Å². The number of aromatic amines is 4. The first-order chi connectivity index (χ1) is 17.3. The van der Waals surface area contributed by atoms with E-state index in [2.05, 4.69) is 38.6 Å². The van der Waals surface area contributed by atoms with Gasteiger partial charge in [0.2, 0.25) is 0 Å². The highest BCUT2D eigenvalue weighted by atomic mass is 32.1. The first-order valence-electron chi connectivity index (χ1n) is 11.2. The van der Waals surface area contributed by atoms with Gasteiger partial charge in [0.05, 0.1) is 37.6 Å². The summed E-state index contributed by atoms with van der Waals surface area (Å²) >= 11 is 20.9. The minimum Gasteiger partial charge on any atom is -0.351 e. The minimum atomic E-state index is -0.176. The van der Waals surface area contributed by atoms with Gasteiger partial charge in [-0.1, -0.05) is 36.7 Å². The molecule has 0 amide bonds. The average molecular weight is 541 g/mol. The third-order valence-corrected chi connectivity index (χ3v) is 8.15. The number of hydrogen-bond donors (Lipinski definition) is 5. The van der Waals surface area contributed by atoms with E-state index < -0.39 is 0 Å². The number of fused-ring (bicyclic) bond motifs is 12. The van der Waals surface area contributed by atoms with E-state index in [1.807, 2.05) is 37.3 Å². The van der Waals surface area contributed by atoms with Gasteiger partial charge < -0.3 is 19.9 Å². The van der Waals surface area contributed by atoms with Crippen molar-refractivity contribution < 1.29 is 0 Å². The summed E-state index contributed by atoms with van der Waals surface area (Å²) in [6.45, 7) is 2.03. The van der Waals surface area contributed by atoms with Gasteiger partial charge in [-0.15, -0.1) is 12.6 Å². The van der Waals surface area contributed by atoms with E-state index in [9.17, 15) is 4.79 Å². The fourth-order valence-electron chi connectivity index (χ4n) is 5.18. The summed E-state index contributed by atoms with van der Waals surface area (Å²) in [5, 5.41) is 5.62. The van der Waals surface area contributed by atoms with Crippen LogP contribution >= 0.6 is 49.3 Å². The van der Waals surface area contributed by atoms with Crippen molar-refractivity contribution >= 4 is 115 Å². The molecule has 5 nitrogen and oxygen atoms in total. The highest BCUT2D eigenvalue weighted by Gasteiger charge is 2.16. The monoisotopic (exact) mass is 540 g/mol. The molecule has 0 radical (unpaired) electrons. The zero-order valence-corrected chi connectivity index (χ0v) is 22.0. The van der Waals surface area contributed by atoms with Crippen LogP contribution in [0.4, 0.5) is 0 Å². The Hall–Kier alpha value is -3.37. The Morgan fingerprint density at radius 2 is 1.06 bits per heavy atom. The van der Waals surface area contributed by atoms with Crippen LogP contribution in [-0.2, 0) is 0 Å². The second kappa shape index (κ2) is 7.57. The fraction of sp³-hybridized carbons (Fsp3) is 0.0370. The SMILES string of the molecule is Cc1cc2c(cc1S)c1cc(=S)c(=O)cc1c1[nH]c3c4ccc(=S)[nH]c4c4[nH]c(=S)ccc4c3[nH]c21. The van der Waals surface area contributed by atoms with Gasteiger partial charge in [-0.25, -0.2) is 0 Å².